The van der Waals surface area contributed by atoms with Crippen molar-refractivity contribution in [1.82, 2.24) is 4.98 Å². The standard InChI is InChI=1S/C14H15FN4O/c1-2-19(13-6-4-3-5-11(13)15)14(20)12-9-10(18-16)7-8-17-12/h3-9H,2,16H2,1H3,(H,17,18). The summed E-state index contributed by atoms with van der Waals surface area (Å²) in [5, 5.41) is 0. The average molecular weight is 274 g/mol. The number of nitrogens with two attached hydrogens (primary N) is 1. The molecule has 5 nitrogen and oxygen atoms in total. The highest BCUT2D eigenvalue weighted by molar-refractivity contribution is 6.05. The Morgan fingerprint density at radius 3 is 2.80 bits per heavy atom. The van der Waals surface area contributed by atoms with Crippen molar-refractivity contribution in [3.05, 3.63) is 54.1 Å². The van der Waals surface area contributed by atoms with Crippen molar-refractivity contribution in [2.75, 3.05) is 16.9 Å². The molecule has 0 bridgehead atoms. The summed E-state index contributed by atoms with van der Waals surface area (Å²) in [6.07, 6.45) is 1.47. The van der Waals surface area contributed by atoms with Crippen LogP contribution in [0.25, 0.3) is 0 Å². The van der Waals surface area contributed by atoms with E-state index in [-0.39, 0.29) is 17.3 Å². The maximum atomic E-state index is 13.8. The molecule has 1 aromatic heterocycles. The maximum Gasteiger partial charge on any atom is 0.277 e. The van der Waals surface area contributed by atoms with Crippen LogP contribution in [0.4, 0.5) is 15.8 Å². The fraction of sp³-hybridized carbons (Fsp3) is 0.143. The molecular formula is C14H15FN4O. The van der Waals surface area contributed by atoms with Gasteiger partial charge < -0.3 is 10.3 Å². The van der Waals surface area contributed by atoms with Gasteiger partial charge in [-0.3, -0.25) is 15.6 Å². The summed E-state index contributed by atoms with van der Waals surface area (Å²) in [4.78, 5) is 17.8. The van der Waals surface area contributed by atoms with E-state index in [1.165, 1.54) is 23.2 Å². The Bertz CT molecular complexity index is 618. The lowest BCUT2D eigenvalue weighted by Crippen LogP contribution is -2.32. The number of halogens is 1. The lowest BCUT2D eigenvalue weighted by Gasteiger charge is -2.21. The number of hydrazine groups is 1. The summed E-state index contributed by atoms with van der Waals surface area (Å²) in [5.41, 5.74) is 3.44. The summed E-state index contributed by atoms with van der Waals surface area (Å²) in [5.74, 6) is 4.47. The van der Waals surface area contributed by atoms with E-state index in [0.29, 0.717) is 12.2 Å². The van der Waals surface area contributed by atoms with E-state index in [1.807, 2.05) is 0 Å². The summed E-state index contributed by atoms with van der Waals surface area (Å²) in [6, 6.07) is 9.29. The van der Waals surface area contributed by atoms with Crippen molar-refractivity contribution >= 4 is 17.3 Å². The molecule has 0 aliphatic carbocycles. The molecule has 0 unspecified atom stereocenters. The number of pyridine rings is 1. The van der Waals surface area contributed by atoms with E-state index in [0.717, 1.165) is 0 Å². The van der Waals surface area contributed by atoms with Gasteiger partial charge in [-0.05, 0) is 31.2 Å². The van der Waals surface area contributed by atoms with Gasteiger partial charge in [-0.2, -0.15) is 0 Å². The number of aromatic nitrogens is 1. The van der Waals surface area contributed by atoms with Crippen LogP contribution in [0.15, 0.2) is 42.6 Å². The molecule has 3 N–H and O–H groups in total. The van der Waals surface area contributed by atoms with Crippen molar-refractivity contribution in [3.8, 4) is 0 Å². The first-order valence-corrected chi connectivity index (χ1v) is 6.16. The number of rotatable bonds is 4. The number of carbonyl (C=O) groups excluding carboxylic acids is 1. The van der Waals surface area contributed by atoms with Crippen LogP contribution >= 0.6 is 0 Å². The van der Waals surface area contributed by atoms with E-state index in [9.17, 15) is 9.18 Å². The van der Waals surface area contributed by atoms with Gasteiger partial charge in [0.1, 0.15) is 11.5 Å². The lowest BCUT2D eigenvalue weighted by atomic mass is 10.2. The van der Waals surface area contributed by atoms with Crippen molar-refractivity contribution < 1.29 is 9.18 Å². The van der Waals surface area contributed by atoms with Gasteiger partial charge in [-0.15, -0.1) is 0 Å². The first-order valence-electron chi connectivity index (χ1n) is 6.16. The molecule has 0 saturated heterocycles. The summed E-state index contributed by atoms with van der Waals surface area (Å²) >= 11 is 0. The van der Waals surface area contributed by atoms with Gasteiger partial charge in [0.2, 0.25) is 0 Å². The van der Waals surface area contributed by atoms with Crippen LogP contribution in [0.3, 0.4) is 0 Å². The van der Waals surface area contributed by atoms with Crippen LogP contribution in [0, 0.1) is 5.82 Å². The average Bonchev–Trinajstić information content (AvgIpc) is 2.49. The number of nitrogens with one attached hydrogen (secondary N) is 1. The maximum absolute atomic E-state index is 13.8. The van der Waals surface area contributed by atoms with Crippen molar-refractivity contribution in [2.45, 2.75) is 6.92 Å². The Kier molecular flexibility index (Phi) is 4.27. The molecule has 2 aromatic rings. The third-order valence-corrected chi connectivity index (χ3v) is 2.85. The van der Waals surface area contributed by atoms with Crippen molar-refractivity contribution in [2.24, 2.45) is 5.84 Å². The highest BCUT2D eigenvalue weighted by atomic mass is 19.1. The zero-order valence-electron chi connectivity index (χ0n) is 11.0. The van der Waals surface area contributed by atoms with E-state index >= 15 is 0 Å². The Balaban J connectivity index is 2.36. The molecule has 104 valence electrons. The molecule has 2 rings (SSSR count). The highest BCUT2D eigenvalue weighted by Crippen LogP contribution is 2.20. The highest BCUT2D eigenvalue weighted by Gasteiger charge is 2.20. The second-order valence-corrected chi connectivity index (χ2v) is 4.07. The molecule has 0 radical (unpaired) electrons. The number of hydrogen-bond donors (Lipinski definition) is 2. The SMILES string of the molecule is CCN(C(=O)c1cc(NN)ccn1)c1ccccc1F. The molecule has 0 atom stereocenters. The van der Waals surface area contributed by atoms with Crippen LogP contribution in [-0.4, -0.2) is 17.4 Å². The second kappa shape index (κ2) is 6.12. The monoisotopic (exact) mass is 274 g/mol. The Morgan fingerprint density at radius 2 is 2.15 bits per heavy atom. The minimum absolute atomic E-state index is 0.200. The van der Waals surface area contributed by atoms with E-state index in [4.69, 9.17) is 5.84 Å². The Hall–Kier alpha value is -2.47. The largest absolute Gasteiger partial charge is 0.324 e. The molecule has 1 heterocycles. The predicted octanol–water partition coefficient (Wildman–Crippen LogP) is 2.17. The van der Waals surface area contributed by atoms with Crippen LogP contribution in [0.2, 0.25) is 0 Å². The Morgan fingerprint density at radius 1 is 1.40 bits per heavy atom. The van der Waals surface area contributed by atoms with Gasteiger partial charge in [0.25, 0.3) is 5.91 Å². The van der Waals surface area contributed by atoms with Crippen molar-refractivity contribution in [3.63, 3.8) is 0 Å². The molecule has 0 spiro atoms. The number of amides is 1. The molecule has 6 heteroatoms. The quantitative estimate of drug-likeness (QED) is 0.662. The summed E-state index contributed by atoms with van der Waals surface area (Å²) in [6.45, 7) is 2.11. The number of anilines is 2. The van der Waals surface area contributed by atoms with E-state index < -0.39 is 5.82 Å². The smallest absolute Gasteiger partial charge is 0.277 e. The minimum Gasteiger partial charge on any atom is -0.324 e. The molecule has 1 amide bonds. The zero-order valence-corrected chi connectivity index (χ0v) is 11.0. The topological polar surface area (TPSA) is 71.2 Å². The lowest BCUT2D eigenvalue weighted by molar-refractivity contribution is 0.0982. The fourth-order valence-electron chi connectivity index (χ4n) is 1.87. The number of nitrogens with zero attached hydrogens (tertiary/aromatic N) is 2. The number of para-hydroxylation sites is 1. The van der Waals surface area contributed by atoms with Crippen LogP contribution in [-0.2, 0) is 0 Å². The van der Waals surface area contributed by atoms with Gasteiger partial charge >= 0.3 is 0 Å². The molecule has 0 aliphatic rings. The number of benzene rings is 1. The van der Waals surface area contributed by atoms with Crippen LogP contribution in [0.1, 0.15) is 17.4 Å². The van der Waals surface area contributed by atoms with Crippen LogP contribution < -0.4 is 16.2 Å². The van der Waals surface area contributed by atoms with Crippen molar-refractivity contribution in [1.29, 1.82) is 0 Å². The van der Waals surface area contributed by atoms with E-state index in [2.05, 4.69) is 10.4 Å². The van der Waals surface area contributed by atoms with Crippen LogP contribution in [0.5, 0.6) is 0 Å². The van der Waals surface area contributed by atoms with Gasteiger partial charge in [-0.25, -0.2) is 4.39 Å². The van der Waals surface area contributed by atoms with Gasteiger partial charge in [-0.1, -0.05) is 12.1 Å². The third kappa shape index (κ3) is 2.75. The molecule has 0 saturated carbocycles. The Labute approximate surface area is 116 Å². The van der Waals surface area contributed by atoms with Gasteiger partial charge in [0, 0.05) is 12.7 Å². The van der Waals surface area contributed by atoms with E-state index in [1.54, 1.807) is 31.2 Å². The zero-order chi connectivity index (χ0) is 14.5. The molecule has 0 aliphatic heterocycles. The van der Waals surface area contributed by atoms with Gasteiger partial charge in [0.05, 0.1) is 11.4 Å². The molecule has 0 fully saturated rings. The summed E-state index contributed by atoms with van der Waals surface area (Å²) < 4.78 is 13.8. The third-order valence-electron chi connectivity index (χ3n) is 2.85. The first kappa shape index (κ1) is 14.0. The minimum atomic E-state index is -0.448. The molecule has 20 heavy (non-hydrogen) atoms. The first-order chi connectivity index (χ1) is 9.67. The molecular weight excluding hydrogens is 259 g/mol. The predicted molar refractivity (Wildman–Crippen MR) is 75.8 cm³/mol. The second-order valence-electron chi connectivity index (χ2n) is 4.07. The normalized spacial score (nSPS) is 10.2. The molecule has 1 aromatic carbocycles. The summed E-state index contributed by atoms with van der Waals surface area (Å²) in [7, 11) is 0. The van der Waals surface area contributed by atoms with Gasteiger partial charge in [0.15, 0.2) is 0 Å². The fourth-order valence-corrected chi connectivity index (χ4v) is 1.87. The number of nitrogen functional groups attached to an aromatic ring is 1. The number of carbonyl (C=O) groups is 1. The number of hydrogen-bond acceptors (Lipinski definition) is 4.